The highest BCUT2D eigenvalue weighted by Crippen LogP contribution is 2.16. The van der Waals surface area contributed by atoms with Crippen molar-refractivity contribution in [3.8, 4) is 11.8 Å². The largest absolute Gasteiger partial charge is 0.384 e. The highest BCUT2D eigenvalue weighted by molar-refractivity contribution is 7.10. The first kappa shape index (κ1) is 13.3. The predicted molar refractivity (Wildman–Crippen MR) is 72.6 cm³/mol. The summed E-state index contributed by atoms with van der Waals surface area (Å²) in [5.74, 6) is 4.50. The first-order chi connectivity index (χ1) is 9.19. The Morgan fingerprint density at radius 2 is 2.26 bits per heavy atom. The first-order valence-corrected chi connectivity index (χ1v) is 6.32. The van der Waals surface area contributed by atoms with Crippen molar-refractivity contribution in [3.63, 3.8) is 0 Å². The standard InChI is InChI=1S/C14H10FNO2S/c15-11-3-1-4-12(8-11)16-14(18)10-7-13(19-9-10)5-2-6-17/h1,3-4,7-9,17H,6H2,(H,16,18). The van der Waals surface area contributed by atoms with Crippen LogP contribution in [0.5, 0.6) is 0 Å². The zero-order chi connectivity index (χ0) is 13.7. The number of carbonyl (C=O) groups excluding carboxylic acids is 1. The normalized spacial score (nSPS) is 9.58. The van der Waals surface area contributed by atoms with Crippen LogP contribution >= 0.6 is 11.3 Å². The van der Waals surface area contributed by atoms with Crippen LogP contribution in [0.15, 0.2) is 35.7 Å². The zero-order valence-electron chi connectivity index (χ0n) is 9.81. The number of thiophene rings is 1. The Balaban J connectivity index is 2.10. The number of amides is 1. The summed E-state index contributed by atoms with van der Waals surface area (Å²) < 4.78 is 13.0. The summed E-state index contributed by atoms with van der Waals surface area (Å²) in [5, 5.41) is 12.8. The van der Waals surface area contributed by atoms with Crippen LogP contribution in [-0.4, -0.2) is 17.6 Å². The maximum atomic E-state index is 13.0. The Kier molecular flexibility index (Phi) is 4.29. The molecule has 0 unspecified atom stereocenters. The van der Waals surface area contributed by atoms with E-state index >= 15 is 0 Å². The third kappa shape index (κ3) is 3.65. The van der Waals surface area contributed by atoms with E-state index in [9.17, 15) is 9.18 Å². The van der Waals surface area contributed by atoms with Crippen LogP contribution in [0.25, 0.3) is 0 Å². The Morgan fingerprint density at radius 3 is 3.00 bits per heavy atom. The molecular formula is C14H10FNO2S. The van der Waals surface area contributed by atoms with Crippen LogP contribution in [0.3, 0.4) is 0 Å². The molecule has 0 aliphatic carbocycles. The van der Waals surface area contributed by atoms with Crippen molar-refractivity contribution in [2.45, 2.75) is 0 Å². The topological polar surface area (TPSA) is 49.3 Å². The van der Waals surface area contributed by atoms with Gasteiger partial charge in [0, 0.05) is 11.1 Å². The monoisotopic (exact) mass is 275 g/mol. The van der Waals surface area contributed by atoms with Crippen LogP contribution < -0.4 is 5.32 Å². The third-order valence-corrected chi connectivity index (χ3v) is 3.08. The maximum Gasteiger partial charge on any atom is 0.256 e. The van der Waals surface area contributed by atoms with Gasteiger partial charge in [-0.05, 0) is 24.3 Å². The van der Waals surface area contributed by atoms with Gasteiger partial charge in [0.2, 0.25) is 0 Å². The van der Waals surface area contributed by atoms with Gasteiger partial charge < -0.3 is 10.4 Å². The Labute approximate surface area is 113 Å². The number of hydrogen-bond donors (Lipinski definition) is 2. The SMILES string of the molecule is O=C(Nc1cccc(F)c1)c1csc(C#CCO)c1. The zero-order valence-corrected chi connectivity index (χ0v) is 10.6. The van der Waals surface area contributed by atoms with Gasteiger partial charge in [0.1, 0.15) is 12.4 Å². The quantitative estimate of drug-likeness (QED) is 0.827. The molecule has 5 heteroatoms. The summed E-state index contributed by atoms with van der Waals surface area (Å²) in [5.41, 5.74) is 0.857. The predicted octanol–water partition coefficient (Wildman–Crippen LogP) is 2.48. The molecule has 0 saturated carbocycles. The fraction of sp³-hybridized carbons (Fsp3) is 0.0714. The van der Waals surface area contributed by atoms with Gasteiger partial charge in [0.05, 0.1) is 10.4 Å². The molecule has 2 aromatic rings. The molecule has 1 aromatic heterocycles. The molecular weight excluding hydrogens is 265 g/mol. The van der Waals surface area contributed by atoms with E-state index in [1.165, 1.54) is 29.5 Å². The summed E-state index contributed by atoms with van der Waals surface area (Å²) in [6, 6.07) is 7.32. The van der Waals surface area contributed by atoms with E-state index in [0.717, 1.165) is 0 Å². The molecule has 0 saturated heterocycles. The van der Waals surface area contributed by atoms with Crippen molar-refractivity contribution in [2.24, 2.45) is 0 Å². The molecule has 2 rings (SSSR count). The minimum atomic E-state index is -0.405. The molecule has 96 valence electrons. The summed E-state index contributed by atoms with van der Waals surface area (Å²) >= 11 is 1.31. The van der Waals surface area contributed by atoms with Crippen LogP contribution in [0.2, 0.25) is 0 Å². The molecule has 3 nitrogen and oxygen atoms in total. The van der Waals surface area contributed by atoms with Crippen molar-refractivity contribution < 1.29 is 14.3 Å². The number of halogens is 1. The summed E-state index contributed by atoms with van der Waals surface area (Å²) in [4.78, 5) is 12.6. The number of carbonyl (C=O) groups is 1. The van der Waals surface area contributed by atoms with Gasteiger partial charge in [0.15, 0.2) is 0 Å². The van der Waals surface area contributed by atoms with Gasteiger partial charge in [-0.25, -0.2) is 4.39 Å². The minimum absolute atomic E-state index is 0.220. The molecule has 0 atom stereocenters. The molecule has 0 fully saturated rings. The van der Waals surface area contributed by atoms with Gasteiger partial charge in [-0.1, -0.05) is 17.9 Å². The summed E-state index contributed by atoms with van der Waals surface area (Å²) in [6.45, 7) is -0.220. The second-order valence-electron chi connectivity index (χ2n) is 3.62. The van der Waals surface area contributed by atoms with Crippen LogP contribution in [-0.2, 0) is 0 Å². The van der Waals surface area contributed by atoms with Crippen molar-refractivity contribution in [2.75, 3.05) is 11.9 Å². The summed E-state index contributed by atoms with van der Waals surface area (Å²) in [6.07, 6.45) is 0. The lowest BCUT2D eigenvalue weighted by Gasteiger charge is -2.02. The smallest absolute Gasteiger partial charge is 0.256 e. The second-order valence-corrected chi connectivity index (χ2v) is 4.54. The number of aliphatic hydroxyl groups is 1. The number of nitrogens with one attached hydrogen (secondary N) is 1. The van der Waals surface area contributed by atoms with Crippen LogP contribution in [0.1, 0.15) is 15.2 Å². The van der Waals surface area contributed by atoms with E-state index < -0.39 is 5.82 Å². The van der Waals surface area contributed by atoms with Crippen molar-refractivity contribution in [1.82, 2.24) is 0 Å². The fourth-order valence-electron chi connectivity index (χ4n) is 1.42. The third-order valence-electron chi connectivity index (χ3n) is 2.23. The Morgan fingerprint density at radius 1 is 1.42 bits per heavy atom. The molecule has 0 radical (unpaired) electrons. The second kappa shape index (κ2) is 6.14. The fourth-order valence-corrected chi connectivity index (χ4v) is 2.17. The van der Waals surface area contributed by atoms with Crippen molar-refractivity contribution >= 4 is 22.9 Å². The first-order valence-electron chi connectivity index (χ1n) is 5.44. The number of anilines is 1. The average molecular weight is 275 g/mol. The van der Waals surface area contributed by atoms with E-state index in [0.29, 0.717) is 16.1 Å². The molecule has 19 heavy (non-hydrogen) atoms. The van der Waals surface area contributed by atoms with E-state index in [1.54, 1.807) is 17.5 Å². The molecule has 0 spiro atoms. The maximum absolute atomic E-state index is 13.0. The van der Waals surface area contributed by atoms with Gasteiger partial charge in [0.25, 0.3) is 5.91 Å². The van der Waals surface area contributed by atoms with Crippen molar-refractivity contribution in [1.29, 1.82) is 0 Å². The minimum Gasteiger partial charge on any atom is -0.384 e. The molecule has 0 aliphatic rings. The summed E-state index contributed by atoms with van der Waals surface area (Å²) in [7, 11) is 0. The van der Waals surface area contributed by atoms with Gasteiger partial charge in [-0.3, -0.25) is 4.79 Å². The van der Waals surface area contributed by atoms with Crippen LogP contribution in [0, 0.1) is 17.7 Å². The van der Waals surface area contributed by atoms with Crippen molar-refractivity contribution in [3.05, 3.63) is 52.0 Å². The number of rotatable bonds is 2. The lowest BCUT2D eigenvalue weighted by atomic mass is 10.2. The highest BCUT2D eigenvalue weighted by atomic mass is 32.1. The van der Waals surface area contributed by atoms with Gasteiger partial charge >= 0.3 is 0 Å². The molecule has 0 bridgehead atoms. The van der Waals surface area contributed by atoms with Gasteiger partial charge in [-0.2, -0.15) is 0 Å². The highest BCUT2D eigenvalue weighted by Gasteiger charge is 2.08. The van der Waals surface area contributed by atoms with E-state index in [2.05, 4.69) is 17.2 Å². The lowest BCUT2D eigenvalue weighted by Crippen LogP contribution is -2.10. The number of benzene rings is 1. The Bertz CT molecular complexity index is 655. The number of hydrogen-bond acceptors (Lipinski definition) is 3. The number of aliphatic hydroxyl groups excluding tert-OH is 1. The van der Waals surface area contributed by atoms with E-state index in [4.69, 9.17) is 5.11 Å². The molecule has 1 heterocycles. The Hall–Kier alpha value is -2.16. The average Bonchev–Trinajstić information content (AvgIpc) is 2.85. The lowest BCUT2D eigenvalue weighted by molar-refractivity contribution is 0.102. The molecule has 1 amide bonds. The van der Waals surface area contributed by atoms with Crippen LogP contribution in [0.4, 0.5) is 10.1 Å². The van der Waals surface area contributed by atoms with Gasteiger partial charge in [-0.15, -0.1) is 11.3 Å². The van der Waals surface area contributed by atoms with E-state index in [-0.39, 0.29) is 12.5 Å². The molecule has 2 N–H and O–H groups in total. The molecule has 1 aromatic carbocycles. The molecule has 0 aliphatic heterocycles. The van der Waals surface area contributed by atoms with E-state index in [1.807, 2.05) is 0 Å².